The van der Waals surface area contributed by atoms with Gasteiger partial charge in [-0.2, -0.15) is 0 Å². The lowest BCUT2D eigenvalue weighted by Gasteiger charge is -2.19. The minimum absolute atomic E-state index is 0.00384. The second-order valence-electron chi connectivity index (χ2n) is 12.5. The number of hydrogen-bond donors (Lipinski definition) is 0. The summed E-state index contributed by atoms with van der Waals surface area (Å²) in [5, 5.41) is 0. The van der Waals surface area contributed by atoms with Crippen molar-refractivity contribution in [2.75, 3.05) is 13.2 Å². The van der Waals surface area contributed by atoms with Crippen LogP contribution in [0, 0.1) is 5.92 Å². The van der Waals surface area contributed by atoms with Crippen molar-refractivity contribution in [1.29, 1.82) is 0 Å². The Hall–Kier alpha value is -2.67. The third-order valence-electron chi connectivity index (χ3n) is 6.62. The fourth-order valence-corrected chi connectivity index (χ4v) is 5.55. The second-order valence-corrected chi connectivity index (χ2v) is 23.8. The van der Waals surface area contributed by atoms with E-state index in [-0.39, 0.29) is 5.78 Å². The lowest BCUT2D eigenvalue weighted by atomic mass is 9.90. The van der Waals surface area contributed by atoms with E-state index in [9.17, 15) is 9.59 Å². The number of ketones is 1. The molecule has 0 amide bonds. The van der Waals surface area contributed by atoms with E-state index in [4.69, 9.17) is 9.47 Å². The summed E-state index contributed by atoms with van der Waals surface area (Å²) in [5.41, 5.74) is 1.11. The Morgan fingerprint density at radius 3 is 1.69 bits per heavy atom. The van der Waals surface area contributed by atoms with Crippen LogP contribution in [0.15, 0.2) is 49.1 Å². The van der Waals surface area contributed by atoms with Gasteiger partial charge in [-0.15, -0.1) is 0 Å². The summed E-state index contributed by atoms with van der Waals surface area (Å²) in [5.74, 6) is 1.21. The zero-order valence-electron chi connectivity index (χ0n) is 24.4. The van der Waals surface area contributed by atoms with Crippen LogP contribution in [0.3, 0.4) is 0 Å². The molecule has 0 saturated heterocycles. The van der Waals surface area contributed by atoms with Gasteiger partial charge >= 0.3 is 0 Å². The van der Waals surface area contributed by atoms with Crippen molar-refractivity contribution in [2.24, 2.45) is 5.92 Å². The number of aldehydes is 1. The number of rotatable bonds is 17. The van der Waals surface area contributed by atoms with Gasteiger partial charge < -0.3 is 18.6 Å². The molecule has 10 heteroatoms. The summed E-state index contributed by atoms with van der Waals surface area (Å²) in [4.78, 5) is 34.0. The van der Waals surface area contributed by atoms with Gasteiger partial charge in [0, 0.05) is 84.0 Å². The Labute approximate surface area is 234 Å². The maximum atomic E-state index is 13.7. The summed E-state index contributed by atoms with van der Waals surface area (Å²) in [6.45, 7) is 16.2. The van der Waals surface area contributed by atoms with Crippen LogP contribution >= 0.6 is 0 Å². The predicted molar refractivity (Wildman–Crippen MR) is 160 cm³/mol. The summed E-state index contributed by atoms with van der Waals surface area (Å²) < 4.78 is 15.9. The van der Waals surface area contributed by atoms with Crippen molar-refractivity contribution in [1.82, 2.24) is 19.1 Å². The van der Waals surface area contributed by atoms with Crippen molar-refractivity contribution in [2.45, 2.75) is 77.7 Å². The Balaban J connectivity index is 1.75. The van der Waals surface area contributed by atoms with Gasteiger partial charge in [0.15, 0.2) is 5.78 Å². The molecule has 0 radical (unpaired) electrons. The molecule has 0 aliphatic carbocycles. The lowest BCUT2D eigenvalue weighted by molar-refractivity contribution is 0.0806. The zero-order valence-corrected chi connectivity index (χ0v) is 26.4. The predicted octanol–water partition coefficient (Wildman–Crippen LogP) is 5.80. The fourth-order valence-electron chi connectivity index (χ4n) is 4.04. The van der Waals surface area contributed by atoms with E-state index in [1.165, 1.54) is 0 Å². The molecule has 0 bridgehead atoms. The van der Waals surface area contributed by atoms with Crippen molar-refractivity contribution < 1.29 is 19.1 Å². The number of benzene rings is 1. The molecule has 212 valence electrons. The molecule has 0 aliphatic rings. The second kappa shape index (κ2) is 14.1. The first-order chi connectivity index (χ1) is 18.4. The topological polar surface area (TPSA) is 88.2 Å². The summed E-state index contributed by atoms with van der Waals surface area (Å²) in [6.07, 6.45) is 8.98. The fraction of sp³-hybridized carbons (Fsp3) is 0.517. The van der Waals surface area contributed by atoms with E-state index in [0.717, 1.165) is 30.0 Å². The van der Waals surface area contributed by atoms with Gasteiger partial charge in [-0.25, -0.2) is 9.97 Å². The first kappa shape index (κ1) is 30.9. The molecule has 0 aliphatic heterocycles. The van der Waals surface area contributed by atoms with E-state index >= 15 is 0 Å². The smallest absolute Gasteiger partial charge is 0.166 e. The molecular weight excluding hydrogens is 525 g/mol. The average molecular weight is 569 g/mol. The van der Waals surface area contributed by atoms with Crippen LogP contribution in [0.5, 0.6) is 0 Å². The van der Waals surface area contributed by atoms with Crippen LogP contribution in [-0.2, 0) is 35.8 Å². The van der Waals surface area contributed by atoms with Crippen LogP contribution in [-0.4, -0.2) is 60.5 Å². The van der Waals surface area contributed by atoms with Gasteiger partial charge in [-0.05, 0) is 12.1 Å². The minimum atomic E-state index is -1.18. The molecule has 2 aromatic heterocycles. The van der Waals surface area contributed by atoms with Crippen LogP contribution in [0.1, 0.15) is 32.4 Å². The molecule has 8 nitrogen and oxygen atoms in total. The van der Waals surface area contributed by atoms with Crippen molar-refractivity contribution in [3.8, 4) is 0 Å². The third-order valence-corrected chi connectivity index (χ3v) is 10.0. The molecule has 0 N–H and O–H groups in total. The summed E-state index contributed by atoms with van der Waals surface area (Å²) in [6, 6.07) is 8.99. The first-order valence-corrected chi connectivity index (χ1v) is 21.1. The van der Waals surface area contributed by atoms with Gasteiger partial charge in [0.25, 0.3) is 0 Å². The molecule has 0 saturated carbocycles. The monoisotopic (exact) mass is 568 g/mol. The molecule has 3 rings (SSSR count). The van der Waals surface area contributed by atoms with Gasteiger partial charge in [0.2, 0.25) is 0 Å². The van der Waals surface area contributed by atoms with Gasteiger partial charge in [-0.3, -0.25) is 9.59 Å². The normalized spacial score (nSPS) is 12.3. The van der Waals surface area contributed by atoms with Crippen LogP contribution in [0.4, 0.5) is 0 Å². The van der Waals surface area contributed by atoms with Crippen LogP contribution in [0.2, 0.25) is 51.4 Å². The summed E-state index contributed by atoms with van der Waals surface area (Å²) in [7, 11) is -2.35. The highest BCUT2D eigenvalue weighted by Gasteiger charge is 2.25. The number of hydrogen-bond acceptors (Lipinski definition) is 6. The van der Waals surface area contributed by atoms with E-state index in [2.05, 4.69) is 49.3 Å². The molecule has 2 heterocycles. The SMILES string of the molecule is C[Si](C)(C)CCOCn1ccnc1CC(Cc1nccn1COCC[Si](C)(C)C)C(=O)c1ccc(C=O)cc1. The Kier molecular flexibility index (Phi) is 11.2. The number of imidazole rings is 2. The molecule has 39 heavy (non-hydrogen) atoms. The minimum Gasteiger partial charge on any atom is -0.361 e. The molecule has 0 atom stereocenters. The van der Waals surface area contributed by atoms with Crippen LogP contribution in [0.25, 0.3) is 0 Å². The van der Waals surface area contributed by atoms with Gasteiger partial charge in [0.1, 0.15) is 31.4 Å². The number of carbonyl (C=O) groups excluding carboxylic acids is 2. The van der Waals surface area contributed by atoms with Crippen molar-refractivity contribution in [3.05, 3.63) is 71.8 Å². The lowest BCUT2D eigenvalue weighted by Crippen LogP contribution is -2.25. The number of aromatic nitrogens is 4. The van der Waals surface area contributed by atoms with E-state index < -0.39 is 22.1 Å². The van der Waals surface area contributed by atoms with Crippen molar-refractivity contribution >= 4 is 28.2 Å². The molecule has 1 aromatic carbocycles. The zero-order chi connectivity index (χ0) is 28.5. The van der Waals surface area contributed by atoms with E-state index in [1.807, 2.05) is 21.5 Å². The highest BCUT2D eigenvalue weighted by molar-refractivity contribution is 6.76. The molecular formula is C29H44N4O4Si2. The first-order valence-electron chi connectivity index (χ1n) is 13.7. The molecule has 0 spiro atoms. The number of carbonyl (C=O) groups is 2. The highest BCUT2D eigenvalue weighted by atomic mass is 28.3. The Bertz CT molecular complexity index is 1130. The molecule has 3 aromatic rings. The average Bonchev–Trinajstić information content (AvgIpc) is 3.51. The maximum Gasteiger partial charge on any atom is 0.166 e. The Morgan fingerprint density at radius 1 is 0.821 bits per heavy atom. The van der Waals surface area contributed by atoms with Crippen LogP contribution < -0.4 is 0 Å². The third kappa shape index (κ3) is 10.4. The van der Waals surface area contributed by atoms with E-state index in [1.54, 1.807) is 36.7 Å². The largest absolute Gasteiger partial charge is 0.361 e. The molecule has 0 unspecified atom stereocenters. The standard InChI is InChI=1S/C29H44N4O4Si2/c1-38(2,3)17-15-36-22-32-13-11-30-27(32)19-26(29(35)25-9-7-24(21-34)8-10-25)20-28-31-12-14-33(28)23-37-16-18-39(4,5)6/h7-14,21,26H,15-20,22-23H2,1-6H3. The molecule has 0 fully saturated rings. The van der Waals surface area contributed by atoms with Gasteiger partial charge in [-0.1, -0.05) is 63.5 Å². The highest BCUT2D eigenvalue weighted by Crippen LogP contribution is 2.20. The number of nitrogens with zero attached hydrogens (tertiary/aromatic N) is 4. The Morgan fingerprint density at radius 2 is 1.28 bits per heavy atom. The summed E-state index contributed by atoms with van der Waals surface area (Å²) >= 11 is 0. The van der Waals surface area contributed by atoms with E-state index in [0.29, 0.717) is 50.6 Å². The number of ether oxygens (including phenoxy) is 2. The maximum absolute atomic E-state index is 13.7. The quantitative estimate of drug-likeness (QED) is 0.0885. The number of Topliss-reactive ketones (excluding diaryl/α,β-unsaturated/α-hetero) is 1. The van der Waals surface area contributed by atoms with Gasteiger partial charge in [0.05, 0.1) is 0 Å². The van der Waals surface area contributed by atoms with Crippen molar-refractivity contribution in [3.63, 3.8) is 0 Å².